The molecule has 0 aliphatic carbocycles. The van der Waals surface area contributed by atoms with Crippen LogP contribution in [0.2, 0.25) is 0 Å². The number of thiophene rings is 1. The van der Waals surface area contributed by atoms with Gasteiger partial charge in [-0.25, -0.2) is 9.97 Å². The summed E-state index contributed by atoms with van der Waals surface area (Å²) in [5, 5.41) is 7.95. The first-order chi connectivity index (χ1) is 11.3. The topological polar surface area (TPSA) is 79.8 Å². The standard InChI is InChI=1S/C16H17N5OS/c1-2-6-18-15(22)13-14-12(5-8-23-14)20-16(21-13)19-10-11-4-3-7-17-9-11/h3-5,7-9H,2,6,10H2,1H3,(H,18,22)(H,19,20,21). The lowest BCUT2D eigenvalue weighted by atomic mass is 10.3. The second-order valence-electron chi connectivity index (χ2n) is 5.00. The number of carbonyl (C=O) groups excluding carboxylic acids is 1. The van der Waals surface area contributed by atoms with Gasteiger partial charge in [-0.3, -0.25) is 9.78 Å². The van der Waals surface area contributed by atoms with Gasteiger partial charge in [0.15, 0.2) is 5.69 Å². The summed E-state index contributed by atoms with van der Waals surface area (Å²) in [4.78, 5) is 25.2. The second-order valence-corrected chi connectivity index (χ2v) is 5.92. The third kappa shape index (κ3) is 3.62. The Morgan fingerprint density at radius 1 is 1.30 bits per heavy atom. The highest BCUT2D eigenvalue weighted by Gasteiger charge is 2.15. The summed E-state index contributed by atoms with van der Waals surface area (Å²) in [5.41, 5.74) is 2.23. The molecule has 0 fully saturated rings. The minimum Gasteiger partial charge on any atom is -0.351 e. The molecule has 3 aromatic rings. The fourth-order valence-corrected chi connectivity index (χ4v) is 2.92. The molecule has 3 heterocycles. The van der Waals surface area contributed by atoms with Crippen LogP contribution in [0.15, 0.2) is 36.0 Å². The van der Waals surface area contributed by atoms with Gasteiger partial charge in [0.1, 0.15) is 0 Å². The molecule has 2 N–H and O–H groups in total. The average Bonchev–Trinajstić information content (AvgIpc) is 3.06. The van der Waals surface area contributed by atoms with E-state index in [1.54, 1.807) is 12.4 Å². The molecular weight excluding hydrogens is 310 g/mol. The van der Waals surface area contributed by atoms with E-state index in [1.165, 1.54) is 11.3 Å². The molecule has 118 valence electrons. The van der Waals surface area contributed by atoms with Gasteiger partial charge >= 0.3 is 0 Å². The number of nitrogens with zero attached hydrogens (tertiary/aromatic N) is 3. The van der Waals surface area contributed by atoms with E-state index in [-0.39, 0.29) is 5.91 Å². The summed E-state index contributed by atoms with van der Waals surface area (Å²) in [7, 11) is 0. The van der Waals surface area contributed by atoms with E-state index in [0.29, 0.717) is 24.7 Å². The zero-order valence-electron chi connectivity index (χ0n) is 12.7. The Labute approximate surface area is 138 Å². The quantitative estimate of drug-likeness (QED) is 0.728. The number of hydrogen-bond donors (Lipinski definition) is 2. The van der Waals surface area contributed by atoms with Crippen LogP contribution in [0.25, 0.3) is 10.2 Å². The van der Waals surface area contributed by atoms with Crippen molar-refractivity contribution >= 4 is 33.4 Å². The summed E-state index contributed by atoms with van der Waals surface area (Å²) in [6, 6.07) is 5.75. The molecule has 3 rings (SSSR count). The van der Waals surface area contributed by atoms with Crippen LogP contribution in [0.1, 0.15) is 29.4 Å². The second kappa shape index (κ2) is 7.15. The number of anilines is 1. The van der Waals surface area contributed by atoms with E-state index in [9.17, 15) is 4.79 Å². The molecule has 0 aromatic carbocycles. The van der Waals surface area contributed by atoms with Gasteiger partial charge in [-0.05, 0) is 29.5 Å². The van der Waals surface area contributed by atoms with Crippen molar-refractivity contribution in [1.29, 1.82) is 0 Å². The molecule has 7 heteroatoms. The molecule has 0 atom stereocenters. The monoisotopic (exact) mass is 327 g/mol. The van der Waals surface area contributed by atoms with Crippen LogP contribution in [0.4, 0.5) is 5.95 Å². The Balaban J connectivity index is 1.84. The van der Waals surface area contributed by atoms with Crippen LogP contribution >= 0.6 is 11.3 Å². The van der Waals surface area contributed by atoms with Crippen molar-refractivity contribution in [2.24, 2.45) is 0 Å². The molecule has 0 saturated carbocycles. The lowest BCUT2D eigenvalue weighted by Crippen LogP contribution is -2.25. The zero-order chi connectivity index (χ0) is 16.1. The zero-order valence-corrected chi connectivity index (χ0v) is 13.6. The maximum Gasteiger partial charge on any atom is 0.271 e. The van der Waals surface area contributed by atoms with E-state index in [4.69, 9.17) is 0 Å². The summed E-state index contributed by atoms with van der Waals surface area (Å²) >= 11 is 1.48. The van der Waals surface area contributed by atoms with E-state index in [1.807, 2.05) is 30.5 Å². The number of nitrogens with one attached hydrogen (secondary N) is 2. The maximum absolute atomic E-state index is 12.3. The number of carbonyl (C=O) groups is 1. The van der Waals surface area contributed by atoms with Crippen LogP contribution in [-0.2, 0) is 6.54 Å². The Kier molecular flexibility index (Phi) is 4.77. The molecular formula is C16H17N5OS. The highest BCUT2D eigenvalue weighted by molar-refractivity contribution is 7.17. The predicted octanol–water partition coefficient (Wildman–Crippen LogP) is 2.84. The van der Waals surface area contributed by atoms with Crippen LogP contribution in [0.3, 0.4) is 0 Å². The van der Waals surface area contributed by atoms with E-state index < -0.39 is 0 Å². The van der Waals surface area contributed by atoms with Gasteiger partial charge in [-0.2, -0.15) is 0 Å². The molecule has 0 radical (unpaired) electrons. The molecule has 0 aliphatic heterocycles. The fourth-order valence-electron chi connectivity index (χ4n) is 2.10. The minimum atomic E-state index is -0.161. The van der Waals surface area contributed by atoms with Gasteiger partial charge < -0.3 is 10.6 Å². The number of amides is 1. The van der Waals surface area contributed by atoms with E-state index >= 15 is 0 Å². The van der Waals surface area contributed by atoms with Gasteiger partial charge in [0.05, 0.1) is 10.2 Å². The first-order valence-electron chi connectivity index (χ1n) is 7.44. The number of aromatic nitrogens is 3. The van der Waals surface area contributed by atoms with Gasteiger partial charge in [0.25, 0.3) is 5.91 Å². The smallest absolute Gasteiger partial charge is 0.271 e. The lowest BCUT2D eigenvalue weighted by molar-refractivity contribution is 0.0950. The van der Waals surface area contributed by atoms with Crippen molar-refractivity contribution in [3.05, 3.63) is 47.2 Å². The molecule has 0 saturated heterocycles. The SMILES string of the molecule is CCCNC(=O)c1nc(NCc2cccnc2)nc2ccsc12. The highest BCUT2D eigenvalue weighted by Crippen LogP contribution is 2.23. The number of hydrogen-bond acceptors (Lipinski definition) is 6. The third-order valence-corrected chi connectivity index (χ3v) is 4.14. The molecule has 0 bridgehead atoms. The van der Waals surface area contributed by atoms with Crippen LogP contribution in [-0.4, -0.2) is 27.4 Å². The Morgan fingerprint density at radius 3 is 3.00 bits per heavy atom. The van der Waals surface area contributed by atoms with E-state index in [2.05, 4.69) is 25.6 Å². The van der Waals surface area contributed by atoms with Gasteiger partial charge in [0.2, 0.25) is 5.95 Å². The van der Waals surface area contributed by atoms with Crippen molar-refractivity contribution < 1.29 is 4.79 Å². The first-order valence-corrected chi connectivity index (χ1v) is 8.32. The summed E-state index contributed by atoms with van der Waals surface area (Å²) in [5.74, 6) is 0.285. The van der Waals surface area contributed by atoms with Crippen molar-refractivity contribution in [2.45, 2.75) is 19.9 Å². The summed E-state index contributed by atoms with van der Waals surface area (Å²) < 4.78 is 0.811. The van der Waals surface area contributed by atoms with E-state index in [0.717, 1.165) is 22.2 Å². The normalized spacial score (nSPS) is 10.7. The Morgan fingerprint density at radius 2 is 2.22 bits per heavy atom. The van der Waals surface area contributed by atoms with Gasteiger partial charge in [-0.1, -0.05) is 13.0 Å². The van der Waals surface area contributed by atoms with Crippen LogP contribution < -0.4 is 10.6 Å². The molecule has 0 unspecified atom stereocenters. The first kappa shape index (κ1) is 15.4. The Bertz CT molecular complexity index is 803. The summed E-state index contributed by atoms with van der Waals surface area (Å²) in [6.45, 7) is 3.20. The largest absolute Gasteiger partial charge is 0.351 e. The molecule has 3 aromatic heterocycles. The molecule has 0 spiro atoms. The summed E-state index contributed by atoms with van der Waals surface area (Å²) in [6.07, 6.45) is 4.40. The molecule has 0 aliphatic rings. The number of fused-ring (bicyclic) bond motifs is 1. The van der Waals surface area contributed by atoms with Crippen molar-refractivity contribution in [2.75, 3.05) is 11.9 Å². The maximum atomic E-state index is 12.3. The highest BCUT2D eigenvalue weighted by atomic mass is 32.1. The van der Waals surface area contributed by atoms with Gasteiger partial charge in [-0.15, -0.1) is 11.3 Å². The van der Waals surface area contributed by atoms with Crippen LogP contribution in [0.5, 0.6) is 0 Å². The van der Waals surface area contributed by atoms with Crippen molar-refractivity contribution in [3.63, 3.8) is 0 Å². The van der Waals surface area contributed by atoms with Gasteiger partial charge in [0, 0.05) is 25.5 Å². The lowest BCUT2D eigenvalue weighted by Gasteiger charge is -2.08. The predicted molar refractivity (Wildman–Crippen MR) is 91.6 cm³/mol. The molecule has 23 heavy (non-hydrogen) atoms. The average molecular weight is 327 g/mol. The third-order valence-electron chi connectivity index (χ3n) is 3.23. The minimum absolute atomic E-state index is 0.161. The van der Waals surface area contributed by atoms with Crippen molar-refractivity contribution in [3.8, 4) is 0 Å². The molecule has 6 nitrogen and oxygen atoms in total. The number of pyridine rings is 1. The Hall–Kier alpha value is -2.54. The fraction of sp³-hybridized carbons (Fsp3) is 0.250. The van der Waals surface area contributed by atoms with Crippen molar-refractivity contribution in [1.82, 2.24) is 20.3 Å². The van der Waals surface area contributed by atoms with Crippen LogP contribution in [0, 0.1) is 0 Å². The number of rotatable bonds is 6. The molecule has 1 amide bonds.